The molecule has 0 aromatic heterocycles. The van der Waals surface area contributed by atoms with Gasteiger partial charge in [0, 0.05) is 0 Å². The topological polar surface area (TPSA) is 102 Å². The third-order valence-electron chi connectivity index (χ3n) is 2.01. The Bertz CT molecular complexity index is 171. The molecule has 0 amide bonds. The van der Waals surface area contributed by atoms with Crippen LogP contribution in [0.2, 0.25) is 0 Å². The maximum Gasteiger partial charge on any atom is 0.469 e. The molecule has 0 aliphatic rings. The van der Waals surface area contributed by atoms with Crippen LogP contribution in [0.5, 0.6) is 0 Å². The number of hydrogen-bond acceptors (Lipinski definition) is 3. The summed E-state index contributed by atoms with van der Waals surface area (Å²) < 4.78 is 14.6. The standard InChI is InChI=1S/C9H21O4P.H3N/c1-2-3-4-5-6-7-8-9-13-14(10,11)12;/h2-9H2,1H3,(H2,10,11,12);1H3. The lowest BCUT2D eigenvalue weighted by atomic mass is 10.1. The summed E-state index contributed by atoms with van der Waals surface area (Å²) in [5.74, 6) is 0. The minimum Gasteiger partial charge on any atom is -0.344 e. The second-order valence-electron chi connectivity index (χ2n) is 3.45. The van der Waals surface area contributed by atoms with Crippen LogP contribution in [0.1, 0.15) is 51.9 Å². The molecule has 0 saturated carbocycles. The quantitative estimate of drug-likeness (QED) is 0.425. The Hall–Kier alpha value is 0.0700. The molecule has 0 atom stereocenters. The summed E-state index contributed by atoms with van der Waals surface area (Å²) in [6, 6.07) is 0. The minimum atomic E-state index is -4.23. The lowest BCUT2D eigenvalue weighted by Gasteiger charge is -2.04. The van der Waals surface area contributed by atoms with E-state index < -0.39 is 7.82 Å². The van der Waals surface area contributed by atoms with E-state index in [-0.39, 0.29) is 12.8 Å². The lowest BCUT2D eigenvalue weighted by molar-refractivity contribution is 0.193. The van der Waals surface area contributed by atoms with E-state index in [0.29, 0.717) is 0 Å². The van der Waals surface area contributed by atoms with Crippen molar-refractivity contribution < 1.29 is 18.9 Å². The number of rotatable bonds is 9. The van der Waals surface area contributed by atoms with Crippen molar-refractivity contribution in [2.24, 2.45) is 0 Å². The van der Waals surface area contributed by atoms with Gasteiger partial charge in [-0.3, -0.25) is 4.52 Å². The van der Waals surface area contributed by atoms with E-state index in [9.17, 15) is 4.57 Å². The second kappa shape index (κ2) is 10.6. The van der Waals surface area contributed by atoms with Crippen LogP contribution in [0, 0.1) is 0 Å². The minimum absolute atomic E-state index is 0. The number of phosphoric ester groups is 1. The molecule has 94 valence electrons. The molecule has 0 fully saturated rings. The molecule has 6 heteroatoms. The first-order valence-electron chi connectivity index (χ1n) is 5.26. The van der Waals surface area contributed by atoms with Gasteiger partial charge in [0.05, 0.1) is 6.61 Å². The van der Waals surface area contributed by atoms with Crippen molar-refractivity contribution in [3.05, 3.63) is 0 Å². The second-order valence-corrected chi connectivity index (χ2v) is 4.68. The molecular formula is C9H24NO4P. The Balaban J connectivity index is 0. The van der Waals surface area contributed by atoms with Crippen LogP contribution < -0.4 is 6.15 Å². The fourth-order valence-electron chi connectivity index (χ4n) is 1.24. The number of phosphoric acid groups is 1. The summed E-state index contributed by atoms with van der Waals surface area (Å²) in [5.41, 5.74) is 0. The maximum atomic E-state index is 10.3. The average molecular weight is 241 g/mol. The molecule has 0 spiro atoms. The molecule has 0 aromatic carbocycles. The van der Waals surface area contributed by atoms with E-state index in [1.807, 2.05) is 0 Å². The molecule has 0 radical (unpaired) electrons. The van der Waals surface area contributed by atoms with Gasteiger partial charge in [0.15, 0.2) is 0 Å². The van der Waals surface area contributed by atoms with Crippen molar-refractivity contribution in [2.45, 2.75) is 51.9 Å². The predicted molar refractivity (Wildman–Crippen MR) is 61.0 cm³/mol. The van der Waals surface area contributed by atoms with Gasteiger partial charge in [0.25, 0.3) is 0 Å². The zero-order valence-corrected chi connectivity index (χ0v) is 10.4. The van der Waals surface area contributed by atoms with Gasteiger partial charge in [-0.15, -0.1) is 0 Å². The van der Waals surface area contributed by atoms with E-state index in [0.717, 1.165) is 19.3 Å². The van der Waals surface area contributed by atoms with E-state index in [4.69, 9.17) is 9.79 Å². The number of hydrogen-bond donors (Lipinski definition) is 3. The van der Waals surface area contributed by atoms with Crippen LogP contribution in [0.15, 0.2) is 0 Å². The number of unbranched alkanes of at least 4 members (excludes halogenated alkanes) is 6. The summed E-state index contributed by atoms with van der Waals surface area (Å²) >= 11 is 0. The molecule has 5 nitrogen and oxygen atoms in total. The van der Waals surface area contributed by atoms with Crippen LogP contribution in [0.25, 0.3) is 0 Å². The van der Waals surface area contributed by atoms with Crippen molar-refractivity contribution >= 4 is 7.82 Å². The summed E-state index contributed by atoms with van der Waals surface area (Å²) in [6.07, 6.45) is 7.84. The van der Waals surface area contributed by atoms with Gasteiger partial charge in [0.1, 0.15) is 0 Å². The first kappa shape index (κ1) is 17.5. The van der Waals surface area contributed by atoms with Gasteiger partial charge in [-0.05, 0) is 6.42 Å². The van der Waals surface area contributed by atoms with Crippen LogP contribution in [-0.4, -0.2) is 16.4 Å². The largest absolute Gasteiger partial charge is 0.469 e. The highest BCUT2D eigenvalue weighted by atomic mass is 31.2. The predicted octanol–water partition coefficient (Wildman–Crippen LogP) is 3.01. The highest BCUT2D eigenvalue weighted by molar-refractivity contribution is 7.46. The fourth-order valence-corrected chi connectivity index (χ4v) is 1.61. The van der Waals surface area contributed by atoms with Crippen molar-refractivity contribution in [1.29, 1.82) is 0 Å². The van der Waals surface area contributed by atoms with E-state index >= 15 is 0 Å². The fraction of sp³-hybridized carbons (Fsp3) is 1.00. The van der Waals surface area contributed by atoms with Gasteiger partial charge in [-0.2, -0.15) is 0 Å². The highest BCUT2D eigenvalue weighted by Crippen LogP contribution is 2.35. The molecule has 0 unspecified atom stereocenters. The normalized spacial score (nSPS) is 11.1. The summed E-state index contributed by atoms with van der Waals surface area (Å²) in [7, 11) is -4.23. The SMILES string of the molecule is CCCCCCCCCOP(=O)(O)O.N. The van der Waals surface area contributed by atoms with Crippen molar-refractivity contribution in [3.63, 3.8) is 0 Å². The third-order valence-corrected chi connectivity index (χ3v) is 2.53. The van der Waals surface area contributed by atoms with Crippen LogP contribution in [0.3, 0.4) is 0 Å². The van der Waals surface area contributed by atoms with Gasteiger partial charge >= 0.3 is 7.82 Å². The molecule has 0 aliphatic heterocycles. The molecule has 0 bridgehead atoms. The third kappa shape index (κ3) is 16.7. The van der Waals surface area contributed by atoms with Gasteiger partial charge < -0.3 is 15.9 Å². The molecular weight excluding hydrogens is 217 g/mol. The Morgan fingerprint density at radius 1 is 1.00 bits per heavy atom. The van der Waals surface area contributed by atoms with Gasteiger partial charge in [-0.1, -0.05) is 45.4 Å². The van der Waals surface area contributed by atoms with E-state index in [1.54, 1.807) is 0 Å². The van der Waals surface area contributed by atoms with Crippen molar-refractivity contribution in [1.82, 2.24) is 6.15 Å². The Labute approximate surface area is 92.0 Å². The van der Waals surface area contributed by atoms with Crippen LogP contribution in [-0.2, 0) is 9.09 Å². The average Bonchev–Trinajstić information content (AvgIpc) is 2.08. The lowest BCUT2D eigenvalue weighted by Crippen LogP contribution is -1.92. The molecule has 0 heterocycles. The Morgan fingerprint density at radius 2 is 1.47 bits per heavy atom. The summed E-state index contributed by atoms with van der Waals surface area (Å²) in [5, 5.41) is 0. The monoisotopic (exact) mass is 241 g/mol. The summed E-state index contributed by atoms with van der Waals surface area (Å²) in [4.78, 5) is 16.8. The highest BCUT2D eigenvalue weighted by Gasteiger charge is 2.12. The Kier molecular flexibility index (Phi) is 12.3. The van der Waals surface area contributed by atoms with Crippen LogP contribution in [0.4, 0.5) is 0 Å². The maximum absolute atomic E-state index is 10.3. The van der Waals surface area contributed by atoms with Gasteiger partial charge in [0.2, 0.25) is 0 Å². The van der Waals surface area contributed by atoms with Gasteiger partial charge in [-0.25, -0.2) is 4.57 Å². The smallest absolute Gasteiger partial charge is 0.344 e. The first-order valence-corrected chi connectivity index (χ1v) is 6.79. The van der Waals surface area contributed by atoms with E-state index in [2.05, 4.69) is 11.4 Å². The van der Waals surface area contributed by atoms with Crippen molar-refractivity contribution in [3.8, 4) is 0 Å². The molecule has 5 N–H and O–H groups in total. The van der Waals surface area contributed by atoms with Crippen molar-refractivity contribution in [2.75, 3.05) is 6.61 Å². The van der Waals surface area contributed by atoms with E-state index in [1.165, 1.54) is 25.7 Å². The first-order chi connectivity index (χ1) is 6.56. The Morgan fingerprint density at radius 3 is 1.93 bits per heavy atom. The molecule has 0 rings (SSSR count). The molecule has 15 heavy (non-hydrogen) atoms. The van der Waals surface area contributed by atoms with Crippen LogP contribution >= 0.6 is 7.82 Å². The molecule has 0 aromatic rings. The zero-order valence-electron chi connectivity index (χ0n) is 9.52. The molecule has 0 aliphatic carbocycles. The summed E-state index contributed by atoms with van der Waals surface area (Å²) in [6.45, 7) is 2.34. The molecule has 0 saturated heterocycles. The zero-order chi connectivity index (χ0) is 10.9.